The van der Waals surface area contributed by atoms with Gasteiger partial charge in [-0.1, -0.05) is 0 Å². The number of fused-ring (bicyclic) bond motifs is 1. The van der Waals surface area contributed by atoms with Crippen LogP contribution in [0, 0.1) is 0 Å². The van der Waals surface area contributed by atoms with E-state index in [1.165, 1.54) is 0 Å². The number of aliphatic hydroxyl groups is 1. The van der Waals surface area contributed by atoms with Crippen molar-refractivity contribution in [1.82, 2.24) is 19.5 Å². The molecule has 2 unspecified atom stereocenters. The first kappa shape index (κ1) is 26.0. The molecule has 0 bridgehead atoms. The quantitative estimate of drug-likeness (QED) is 0.199. The first-order chi connectivity index (χ1) is 14.9. The van der Waals surface area contributed by atoms with E-state index in [2.05, 4.69) is 28.1 Å². The number of alkyl halides is 1. The molecule has 0 spiro atoms. The molecule has 3 rings (SSSR count). The molecule has 0 aliphatic carbocycles. The van der Waals surface area contributed by atoms with E-state index in [1.807, 2.05) is 0 Å². The van der Waals surface area contributed by atoms with E-state index in [0.717, 1.165) is 17.8 Å². The van der Waals surface area contributed by atoms with E-state index < -0.39 is 59.7 Å². The highest BCUT2D eigenvalue weighted by Crippen LogP contribution is 2.66. The number of H-pyrrole nitrogens is 1. The summed E-state index contributed by atoms with van der Waals surface area (Å²) < 4.78 is 66.7. The lowest BCUT2D eigenvalue weighted by atomic mass is 9.99. The number of nitrogen functional groups attached to an aromatic ring is 1. The molecule has 0 saturated carbocycles. The highest BCUT2D eigenvalue weighted by atomic mass is 31.3. The van der Waals surface area contributed by atoms with Gasteiger partial charge in [0.1, 0.15) is 11.7 Å². The first-order valence-corrected chi connectivity index (χ1v) is 13.0. The van der Waals surface area contributed by atoms with Crippen LogP contribution in [0.3, 0.4) is 0 Å². The number of hydrogen-bond donors (Lipinski definition) is 7. The van der Waals surface area contributed by atoms with Gasteiger partial charge in [-0.15, -0.1) is 0 Å². The van der Waals surface area contributed by atoms with Gasteiger partial charge in [-0.2, -0.15) is 13.6 Å². The van der Waals surface area contributed by atoms with Crippen molar-refractivity contribution in [1.29, 1.82) is 0 Å². The standard InChI is InChI=1S/C11H17FN5O13P3/c1-11(2-27-32(23,24)30-33(25,26)29-31(20,21)22)6(18)4(12)9(28-11)17-3-14-5-7(17)15-10(13)16-8(5)19/h3-4,6,9,18H,2H2,1H3,(H,23,24)(H,25,26)(H2,20,21,22)(H3,13,15,16,19)/t4-,6+,9-,11-/m1/s1. The molecule has 0 radical (unpaired) electrons. The number of phosphoric acid groups is 3. The van der Waals surface area contributed by atoms with Crippen molar-refractivity contribution in [2.24, 2.45) is 0 Å². The van der Waals surface area contributed by atoms with E-state index in [9.17, 15) is 32.9 Å². The van der Waals surface area contributed by atoms with Crippen LogP contribution in [0.15, 0.2) is 11.1 Å². The largest absolute Gasteiger partial charge is 0.490 e. The van der Waals surface area contributed by atoms with E-state index >= 15 is 0 Å². The van der Waals surface area contributed by atoms with Gasteiger partial charge in [-0.3, -0.25) is 18.9 Å². The van der Waals surface area contributed by atoms with Crippen LogP contribution < -0.4 is 11.3 Å². The lowest BCUT2D eigenvalue weighted by Gasteiger charge is -2.27. The number of aromatic nitrogens is 4. The van der Waals surface area contributed by atoms with Crippen molar-refractivity contribution in [2.45, 2.75) is 31.0 Å². The van der Waals surface area contributed by atoms with E-state index in [1.54, 1.807) is 0 Å². The zero-order valence-corrected chi connectivity index (χ0v) is 18.8. The molecule has 1 saturated heterocycles. The molecule has 186 valence electrons. The first-order valence-electron chi connectivity index (χ1n) is 8.44. The fraction of sp³-hybridized carbons (Fsp3) is 0.545. The molecule has 1 fully saturated rings. The van der Waals surface area contributed by atoms with Crippen molar-refractivity contribution >= 4 is 40.6 Å². The summed E-state index contributed by atoms with van der Waals surface area (Å²) in [4.78, 5) is 57.4. The molecule has 33 heavy (non-hydrogen) atoms. The fourth-order valence-corrected chi connectivity index (χ4v) is 5.99. The Hall–Kier alpha value is -1.59. The Kier molecular flexibility index (Phi) is 6.76. The maximum absolute atomic E-state index is 14.9. The Morgan fingerprint density at radius 1 is 1.27 bits per heavy atom. The number of anilines is 1. The summed E-state index contributed by atoms with van der Waals surface area (Å²) in [5, 5.41) is 10.3. The summed E-state index contributed by atoms with van der Waals surface area (Å²) >= 11 is 0. The predicted molar refractivity (Wildman–Crippen MR) is 102 cm³/mol. The summed E-state index contributed by atoms with van der Waals surface area (Å²) in [7, 11) is -16.9. The SMILES string of the molecule is C[C@]1(COP(=O)(O)OP(=O)(O)OP(=O)(O)O)O[C@@H](n2cnc3c(=O)[nH]c(N)nc32)[C@H](F)[C@@H]1O. The van der Waals surface area contributed by atoms with Gasteiger partial charge >= 0.3 is 23.5 Å². The number of nitrogens with two attached hydrogens (primary N) is 1. The number of nitrogens with one attached hydrogen (secondary N) is 1. The third kappa shape index (κ3) is 5.74. The van der Waals surface area contributed by atoms with Crippen LogP contribution >= 0.6 is 23.5 Å². The topological polar surface area (TPSA) is 279 Å². The van der Waals surface area contributed by atoms with Gasteiger partial charge in [0.2, 0.25) is 5.95 Å². The molecule has 2 aromatic heterocycles. The maximum Gasteiger partial charge on any atom is 0.490 e. The van der Waals surface area contributed by atoms with Gasteiger partial charge in [0.25, 0.3) is 5.56 Å². The van der Waals surface area contributed by atoms with Crippen molar-refractivity contribution in [3.8, 4) is 0 Å². The van der Waals surface area contributed by atoms with Crippen LogP contribution in [-0.4, -0.2) is 68.7 Å². The van der Waals surface area contributed by atoms with Gasteiger partial charge in [-0.05, 0) is 6.92 Å². The summed E-state index contributed by atoms with van der Waals surface area (Å²) in [6, 6.07) is 0. The number of aromatic amines is 1. The minimum atomic E-state index is -5.78. The number of halogens is 1. The predicted octanol–water partition coefficient (Wildman–Crippen LogP) is -0.968. The van der Waals surface area contributed by atoms with Gasteiger partial charge in [0.05, 0.1) is 12.9 Å². The summed E-state index contributed by atoms with van der Waals surface area (Å²) in [5.74, 6) is -0.321. The molecule has 1 aliphatic heterocycles. The van der Waals surface area contributed by atoms with Gasteiger partial charge in [-0.25, -0.2) is 23.1 Å². The molecule has 3 heterocycles. The summed E-state index contributed by atoms with van der Waals surface area (Å²) in [6.45, 7) is -0.0831. The maximum atomic E-state index is 14.9. The molecule has 6 atom stereocenters. The van der Waals surface area contributed by atoms with Crippen molar-refractivity contribution in [2.75, 3.05) is 12.3 Å². The van der Waals surface area contributed by atoms with E-state index in [4.69, 9.17) is 25.2 Å². The molecule has 8 N–H and O–H groups in total. The Morgan fingerprint density at radius 3 is 2.52 bits per heavy atom. The average Bonchev–Trinajstić information content (AvgIpc) is 3.12. The molecule has 2 aromatic rings. The lowest BCUT2D eigenvalue weighted by molar-refractivity contribution is -0.113. The minimum absolute atomic E-state index is 0.201. The Morgan fingerprint density at radius 2 is 1.91 bits per heavy atom. The van der Waals surface area contributed by atoms with Crippen molar-refractivity contribution < 1.29 is 60.6 Å². The number of aliphatic hydroxyl groups excluding tert-OH is 1. The minimum Gasteiger partial charge on any atom is -0.387 e. The Balaban J connectivity index is 1.79. The average molecular weight is 539 g/mol. The van der Waals surface area contributed by atoms with Crippen LogP contribution in [0.1, 0.15) is 13.2 Å². The zero-order valence-electron chi connectivity index (χ0n) is 16.2. The number of nitrogens with zero attached hydrogens (tertiary/aromatic N) is 3. The monoisotopic (exact) mass is 539 g/mol. The molecule has 0 amide bonds. The van der Waals surface area contributed by atoms with Gasteiger partial charge in [0, 0.05) is 0 Å². The second-order valence-electron chi connectivity index (χ2n) is 6.85. The van der Waals surface area contributed by atoms with Crippen LogP contribution in [0.25, 0.3) is 11.2 Å². The van der Waals surface area contributed by atoms with Gasteiger partial charge in [0.15, 0.2) is 23.6 Å². The third-order valence-electron chi connectivity index (χ3n) is 4.24. The molecular weight excluding hydrogens is 522 g/mol. The third-order valence-corrected chi connectivity index (χ3v) is 8.03. The second-order valence-corrected chi connectivity index (χ2v) is 11.3. The zero-order chi connectivity index (χ0) is 25.0. The molecule has 18 nitrogen and oxygen atoms in total. The fourth-order valence-electron chi connectivity index (χ4n) is 2.88. The van der Waals surface area contributed by atoms with E-state index in [-0.39, 0.29) is 17.1 Å². The highest BCUT2D eigenvalue weighted by molar-refractivity contribution is 7.66. The van der Waals surface area contributed by atoms with E-state index in [0.29, 0.717) is 0 Å². The van der Waals surface area contributed by atoms with Crippen LogP contribution in [-0.2, 0) is 31.6 Å². The number of ether oxygens (including phenoxy) is 1. The summed E-state index contributed by atoms with van der Waals surface area (Å²) in [5.41, 5.74) is 2.22. The normalized spacial score (nSPS) is 29.7. The van der Waals surface area contributed by atoms with Crippen LogP contribution in [0.5, 0.6) is 0 Å². The highest BCUT2D eigenvalue weighted by Gasteiger charge is 2.55. The molecule has 0 aromatic carbocycles. The number of hydrogen-bond acceptors (Lipinski definition) is 12. The molecule has 22 heteroatoms. The Bertz CT molecular complexity index is 1260. The van der Waals surface area contributed by atoms with Crippen molar-refractivity contribution in [3.63, 3.8) is 0 Å². The van der Waals surface area contributed by atoms with Crippen molar-refractivity contribution in [3.05, 3.63) is 16.7 Å². The van der Waals surface area contributed by atoms with Gasteiger partial charge < -0.3 is 35.2 Å². The molecular formula is C11H17FN5O13P3. The van der Waals surface area contributed by atoms with Crippen LogP contribution in [0.4, 0.5) is 10.3 Å². The van der Waals surface area contributed by atoms with Crippen LogP contribution in [0.2, 0.25) is 0 Å². The molecule has 1 aliphatic rings. The summed E-state index contributed by atoms with van der Waals surface area (Å²) in [6.07, 6.45) is -4.94. The number of imidazole rings is 1. The Labute approximate surface area is 181 Å². The second kappa shape index (κ2) is 8.57. The number of rotatable bonds is 8. The lowest BCUT2D eigenvalue weighted by Crippen LogP contribution is -2.43. The smallest absolute Gasteiger partial charge is 0.387 e. The number of phosphoric ester groups is 1.